The minimum absolute atomic E-state index is 0.0311. The van der Waals surface area contributed by atoms with E-state index in [0.717, 1.165) is 19.3 Å². The van der Waals surface area contributed by atoms with E-state index < -0.39 is 47.7 Å². The molecule has 11 nitrogen and oxygen atoms in total. The van der Waals surface area contributed by atoms with Gasteiger partial charge < -0.3 is 34.4 Å². The van der Waals surface area contributed by atoms with Gasteiger partial charge in [0.25, 0.3) is 0 Å². The van der Waals surface area contributed by atoms with Gasteiger partial charge in [-0.25, -0.2) is 0 Å². The van der Waals surface area contributed by atoms with Crippen molar-refractivity contribution in [2.45, 2.75) is 81.8 Å². The summed E-state index contributed by atoms with van der Waals surface area (Å²) in [6, 6.07) is 7.50. The summed E-state index contributed by atoms with van der Waals surface area (Å²) < 4.78 is 18.2. The summed E-state index contributed by atoms with van der Waals surface area (Å²) in [6.07, 6.45) is 10.1. The molecule has 0 saturated carbocycles. The smallest absolute Gasteiger partial charge is 0.313 e. The highest BCUT2D eigenvalue weighted by molar-refractivity contribution is 5.99. The normalized spacial score (nSPS) is 32.1. The summed E-state index contributed by atoms with van der Waals surface area (Å²) in [7, 11) is 1.52. The molecule has 5 bridgehead atoms. The molecule has 0 aromatic heterocycles. The topological polar surface area (TPSA) is 135 Å². The molecule has 2 saturated heterocycles. The Labute approximate surface area is 270 Å². The number of allylic oxidation sites excluding steroid dienone is 1. The lowest BCUT2D eigenvalue weighted by Crippen LogP contribution is -2.56. The fourth-order valence-corrected chi connectivity index (χ4v) is 7.29. The summed E-state index contributed by atoms with van der Waals surface area (Å²) >= 11 is 0. The Hall–Kier alpha value is -3.54. The molecule has 5 rings (SSSR count). The average molecular weight is 638 g/mol. The number of methoxy groups -OCH3 is 1. The second-order valence-electron chi connectivity index (χ2n) is 12.6. The van der Waals surface area contributed by atoms with E-state index in [1.54, 1.807) is 22.0 Å². The van der Waals surface area contributed by atoms with Crippen molar-refractivity contribution in [2.75, 3.05) is 40.0 Å². The molecule has 1 aromatic carbocycles. The lowest BCUT2D eigenvalue weighted by atomic mass is 9.74. The number of carbonyl (C=O) groups excluding carboxylic acids is 4. The van der Waals surface area contributed by atoms with Crippen LogP contribution in [0.5, 0.6) is 0 Å². The third kappa shape index (κ3) is 6.77. The Kier molecular flexibility index (Phi) is 11.3. The SMILES string of the molecule is CCCCCN1C/C=C\CCC(=O)N[C@H](COC)[C@@H](c2ccccc2)OC(=O)[C@@H]2[C@@H]3C=C[C@]4(O3)[C@H](C1=O)N(CCCCO)C(=O)[C@@H]24. The number of cyclic esters (lactones) is 1. The summed E-state index contributed by atoms with van der Waals surface area (Å²) in [5, 5.41) is 12.5. The van der Waals surface area contributed by atoms with Crippen molar-refractivity contribution < 1.29 is 38.5 Å². The molecule has 2 fully saturated rings. The lowest BCUT2D eigenvalue weighted by molar-refractivity contribution is -0.162. The molecule has 11 heteroatoms. The van der Waals surface area contributed by atoms with Gasteiger partial charge in [0.2, 0.25) is 17.7 Å². The molecule has 1 spiro atoms. The van der Waals surface area contributed by atoms with Crippen molar-refractivity contribution in [1.29, 1.82) is 0 Å². The Balaban J connectivity index is 1.56. The first-order chi connectivity index (χ1) is 22.4. The van der Waals surface area contributed by atoms with Gasteiger partial charge in [-0.3, -0.25) is 19.2 Å². The second-order valence-corrected chi connectivity index (χ2v) is 12.6. The Morgan fingerprint density at radius 2 is 1.80 bits per heavy atom. The monoisotopic (exact) mass is 637 g/mol. The van der Waals surface area contributed by atoms with Crippen LogP contribution in [0.2, 0.25) is 0 Å². The van der Waals surface area contributed by atoms with Gasteiger partial charge >= 0.3 is 5.97 Å². The first-order valence-corrected chi connectivity index (χ1v) is 16.6. The zero-order valence-electron chi connectivity index (χ0n) is 26.8. The van der Waals surface area contributed by atoms with Gasteiger partial charge in [-0.2, -0.15) is 0 Å². The molecule has 3 amide bonds. The van der Waals surface area contributed by atoms with Gasteiger partial charge in [0.15, 0.2) is 0 Å². The number of aliphatic hydroxyl groups is 1. The van der Waals surface area contributed by atoms with Crippen LogP contribution in [0, 0.1) is 11.8 Å². The average Bonchev–Trinajstić information content (AvgIpc) is 3.69. The molecule has 46 heavy (non-hydrogen) atoms. The Morgan fingerprint density at radius 3 is 2.54 bits per heavy atom. The maximum Gasteiger partial charge on any atom is 0.313 e. The van der Waals surface area contributed by atoms with Crippen LogP contribution in [0.15, 0.2) is 54.6 Å². The zero-order chi connectivity index (χ0) is 32.7. The number of esters is 1. The minimum Gasteiger partial charge on any atom is -0.455 e. The number of benzene rings is 1. The van der Waals surface area contributed by atoms with Crippen LogP contribution < -0.4 is 5.32 Å². The number of amides is 3. The van der Waals surface area contributed by atoms with Gasteiger partial charge in [0.1, 0.15) is 23.7 Å². The highest BCUT2D eigenvalue weighted by Crippen LogP contribution is 2.56. The van der Waals surface area contributed by atoms with E-state index in [1.165, 1.54) is 7.11 Å². The van der Waals surface area contributed by atoms with E-state index in [1.807, 2.05) is 42.5 Å². The van der Waals surface area contributed by atoms with Crippen molar-refractivity contribution >= 4 is 23.7 Å². The fraction of sp³-hybridized carbons (Fsp3) is 0.600. The van der Waals surface area contributed by atoms with Gasteiger partial charge in [-0.15, -0.1) is 0 Å². The largest absolute Gasteiger partial charge is 0.455 e. The van der Waals surface area contributed by atoms with Crippen LogP contribution >= 0.6 is 0 Å². The number of aliphatic hydroxyl groups excluding tert-OH is 1. The highest BCUT2D eigenvalue weighted by Gasteiger charge is 2.73. The number of fused-ring (bicyclic) bond motifs is 2. The third-order valence-corrected chi connectivity index (χ3v) is 9.49. The number of hydrogen-bond acceptors (Lipinski definition) is 8. The third-order valence-electron chi connectivity index (χ3n) is 9.49. The number of unbranched alkanes of at least 4 members (excludes halogenated alkanes) is 3. The standard InChI is InChI=1S/C35H47N3O8/c1-3-4-10-19-37-20-11-6-9-16-27(40)36-25(23-44-2)30(24-14-7-5-8-15-24)45-34(43)28-26-17-18-35(46-26)29(28)32(41)38(21-12-13-22-39)31(35)33(37)42/h5-8,11,14-15,17-18,25-26,28-31,39H,3-4,9-10,12-13,16,19-23H2,1-2H3,(H,36,40)/b11-6-/t25-,26+,28-,29-,30-,31+,35-/m1/s1. The van der Waals surface area contributed by atoms with Crippen LogP contribution in [0.3, 0.4) is 0 Å². The number of nitrogens with zero attached hydrogens (tertiary/aromatic N) is 2. The highest BCUT2D eigenvalue weighted by atomic mass is 16.6. The quantitative estimate of drug-likeness (QED) is 0.215. The van der Waals surface area contributed by atoms with Crippen LogP contribution in [-0.2, 0) is 33.4 Å². The van der Waals surface area contributed by atoms with Crippen molar-refractivity contribution in [2.24, 2.45) is 11.8 Å². The molecular formula is C35H47N3O8. The lowest BCUT2D eigenvalue weighted by Gasteiger charge is -2.36. The number of ether oxygens (including phenoxy) is 3. The van der Waals surface area contributed by atoms with Crippen molar-refractivity contribution in [3.63, 3.8) is 0 Å². The van der Waals surface area contributed by atoms with Crippen molar-refractivity contribution in [3.8, 4) is 0 Å². The van der Waals surface area contributed by atoms with Crippen LogP contribution in [-0.4, -0.2) is 102 Å². The molecule has 4 aliphatic rings. The number of hydrogen-bond donors (Lipinski definition) is 2. The second kappa shape index (κ2) is 15.4. The predicted molar refractivity (Wildman–Crippen MR) is 169 cm³/mol. The maximum absolute atomic E-state index is 14.5. The molecule has 7 atom stereocenters. The molecule has 0 radical (unpaired) electrons. The van der Waals surface area contributed by atoms with E-state index in [0.29, 0.717) is 37.9 Å². The van der Waals surface area contributed by atoms with E-state index >= 15 is 0 Å². The summed E-state index contributed by atoms with van der Waals surface area (Å²) in [6.45, 7) is 3.24. The van der Waals surface area contributed by atoms with Gasteiger partial charge in [-0.1, -0.05) is 74.4 Å². The van der Waals surface area contributed by atoms with E-state index in [-0.39, 0.29) is 43.9 Å². The zero-order valence-corrected chi connectivity index (χ0v) is 26.8. The van der Waals surface area contributed by atoms with E-state index in [9.17, 15) is 24.3 Å². The molecule has 2 N–H and O–H groups in total. The van der Waals surface area contributed by atoms with E-state index in [2.05, 4.69) is 12.2 Å². The number of rotatable bonds is 11. The number of likely N-dealkylation sites (tertiary alicyclic amines) is 1. The molecule has 0 unspecified atom stereocenters. The first kappa shape index (κ1) is 33.8. The van der Waals surface area contributed by atoms with Gasteiger partial charge in [0.05, 0.1) is 24.7 Å². The number of carbonyl (C=O) groups is 4. The Bertz CT molecular complexity index is 1300. The number of nitrogens with one attached hydrogen (secondary N) is 1. The molecule has 250 valence electrons. The molecule has 4 aliphatic heterocycles. The molecular weight excluding hydrogens is 590 g/mol. The molecule has 0 aliphatic carbocycles. The summed E-state index contributed by atoms with van der Waals surface area (Å²) in [5.41, 5.74) is -0.644. The van der Waals surface area contributed by atoms with Crippen LogP contribution in [0.4, 0.5) is 0 Å². The summed E-state index contributed by atoms with van der Waals surface area (Å²) in [5.74, 6) is -3.34. The maximum atomic E-state index is 14.5. The van der Waals surface area contributed by atoms with Crippen molar-refractivity contribution in [1.82, 2.24) is 15.1 Å². The van der Waals surface area contributed by atoms with Crippen LogP contribution in [0.25, 0.3) is 0 Å². The Morgan fingerprint density at radius 1 is 1.02 bits per heavy atom. The first-order valence-electron chi connectivity index (χ1n) is 16.6. The van der Waals surface area contributed by atoms with Crippen molar-refractivity contribution in [3.05, 3.63) is 60.2 Å². The molecule has 1 aromatic rings. The fourth-order valence-electron chi connectivity index (χ4n) is 7.29. The van der Waals surface area contributed by atoms with Gasteiger partial charge in [0, 0.05) is 39.8 Å². The van der Waals surface area contributed by atoms with Crippen LogP contribution in [0.1, 0.15) is 63.5 Å². The van der Waals surface area contributed by atoms with E-state index in [4.69, 9.17) is 14.2 Å². The minimum atomic E-state index is -1.31. The predicted octanol–water partition coefficient (Wildman–Crippen LogP) is 2.69. The van der Waals surface area contributed by atoms with Gasteiger partial charge in [-0.05, 0) is 31.2 Å². The summed E-state index contributed by atoms with van der Waals surface area (Å²) in [4.78, 5) is 59.5. The molecule has 4 heterocycles.